The number of carbonyl (C=O) groups excluding carboxylic acids is 1. The Kier molecular flexibility index (Phi) is 4.60. The Morgan fingerprint density at radius 1 is 1.16 bits per heavy atom. The van der Waals surface area contributed by atoms with Crippen molar-refractivity contribution >= 4 is 17.5 Å². The summed E-state index contributed by atoms with van der Waals surface area (Å²) in [6.07, 6.45) is -4.30. The molecule has 1 amide bonds. The largest absolute Gasteiger partial charge is 0.573 e. The highest BCUT2D eigenvalue weighted by atomic mass is 35.5. The van der Waals surface area contributed by atoms with Crippen molar-refractivity contribution in [1.29, 1.82) is 0 Å². The van der Waals surface area contributed by atoms with Crippen LogP contribution in [0.4, 0.5) is 17.6 Å². The molecule has 1 heterocycles. The van der Waals surface area contributed by atoms with Crippen molar-refractivity contribution in [2.45, 2.75) is 19.3 Å². The summed E-state index contributed by atoms with van der Waals surface area (Å²) in [7, 11) is 0. The van der Waals surface area contributed by atoms with E-state index in [0.717, 1.165) is 11.6 Å². The number of amides is 1. The van der Waals surface area contributed by atoms with Gasteiger partial charge in [-0.3, -0.25) is 4.79 Å². The minimum absolute atomic E-state index is 0.0798. The number of hydrogen-bond donors (Lipinski definition) is 0. The lowest BCUT2D eigenvalue weighted by Crippen LogP contribution is -2.26. The molecule has 3 rings (SSSR count). The van der Waals surface area contributed by atoms with Gasteiger partial charge in [0.15, 0.2) is 0 Å². The van der Waals surface area contributed by atoms with E-state index < -0.39 is 12.2 Å². The molecule has 0 saturated heterocycles. The molecule has 8 heteroatoms. The van der Waals surface area contributed by atoms with E-state index in [2.05, 4.69) is 4.74 Å². The number of nitrogens with zero attached hydrogens (tertiary/aromatic N) is 1. The van der Waals surface area contributed by atoms with E-state index in [-0.39, 0.29) is 23.2 Å². The van der Waals surface area contributed by atoms with Gasteiger partial charge in [0, 0.05) is 13.1 Å². The molecule has 132 valence electrons. The van der Waals surface area contributed by atoms with Crippen LogP contribution in [0.1, 0.15) is 21.5 Å². The van der Waals surface area contributed by atoms with E-state index in [0.29, 0.717) is 24.1 Å². The van der Waals surface area contributed by atoms with Gasteiger partial charge in [0.1, 0.15) is 11.6 Å². The number of carbonyl (C=O) groups is 1. The van der Waals surface area contributed by atoms with Crippen LogP contribution in [-0.4, -0.2) is 23.7 Å². The number of benzene rings is 2. The number of halogens is 5. The van der Waals surface area contributed by atoms with Crippen molar-refractivity contribution in [3.63, 3.8) is 0 Å². The second-order valence-corrected chi connectivity index (χ2v) is 6.00. The second-order valence-electron chi connectivity index (χ2n) is 5.59. The van der Waals surface area contributed by atoms with Crippen LogP contribution in [0.25, 0.3) is 0 Å². The van der Waals surface area contributed by atoms with Gasteiger partial charge in [0.25, 0.3) is 5.91 Å². The van der Waals surface area contributed by atoms with Gasteiger partial charge in [0.2, 0.25) is 0 Å². The van der Waals surface area contributed by atoms with Crippen LogP contribution in [0, 0.1) is 5.82 Å². The summed E-state index contributed by atoms with van der Waals surface area (Å²) < 4.78 is 53.6. The van der Waals surface area contributed by atoms with E-state index in [1.54, 1.807) is 0 Å². The summed E-state index contributed by atoms with van der Waals surface area (Å²) in [4.78, 5) is 13.9. The summed E-state index contributed by atoms with van der Waals surface area (Å²) in [6, 6.07) is 7.82. The Balaban J connectivity index is 1.63. The number of ether oxygens (including phenoxy) is 1. The molecule has 1 aliphatic heterocycles. The average molecular weight is 374 g/mol. The Labute approximate surface area is 145 Å². The molecule has 0 N–H and O–H groups in total. The smallest absolute Gasteiger partial charge is 0.406 e. The molecule has 2 aromatic carbocycles. The molecule has 0 atom stereocenters. The first kappa shape index (κ1) is 17.5. The maximum Gasteiger partial charge on any atom is 0.573 e. The van der Waals surface area contributed by atoms with E-state index in [1.165, 1.54) is 35.2 Å². The predicted octanol–water partition coefficient (Wildman–Crippen LogP) is 4.58. The first-order valence-electron chi connectivity index (χ1n) is 7.35. The molecule has 1 aliphatic rings. The lowest BCUT2D eigenvalue weighted by Gasteiger charge is -2.15. The van der Waals surface area contributed by atoms with Gasteiger partial charge in [-0.15, -0.1) is 13.2 Å². The zero-order valence-electron chi connectivity index (χ0n) is 12.7. The highest BCUT2D eigenvalue weighted by Gasteiger charge is 2.31. The Bertz CT molecular complexity index is 806. The fraction of sp³-hybridized carbons (Fsp3) is 0.235. The Morgan fingerprint density at radius 2 is 1.84 bits per heavy atom. The molecule has 0 spiro atoms. The Morgan fingerprint density at radius 3 is 2.48 bits per heavy atom. The first-order chi connectivity index (χ1) is 11.7. The molecular formula is C17H12ClF4NO2. The van der Waals surface area contributed by atoms with E-state index >= 15 is 0 Å². The van der Waals surface area contributed by atoms with Crippen LogP contribution in [-0.2, 0) is 13.0 Å². The summed E-state index contributed by atoms with van der Waals surface area (Å²) in [5.74, 6) is -1.08. The molecule has 0 bridgehead atoms. The van der Waals surface area contributed by atoms with Crippen molar-refractivity contribution in [3.05, 3.63) is 63.9 Å². The number of alkyl halides is 3. The molecule has 2 aromatic rings. The van der Waals surface area contributed by atoms with Gasteiger partial charge in [-0.2, -0.15) is 0 Å². The van der Waals surface area contributed by atoms with Crippen molar-refractivity contribution in [2.24, 2.45) is 0 Å². The zero-order chi connectivity index (χ0) is 18.2. The number of rotatable bonds is 4. The van der Waals surface area contributed by atoms with Crippen LogP contribution >= 0.6 is 11.6 Å². The zero-order valence-corrected chi connectivity index (χ0v) is 13.5. The lowest BCUT2D eigenvalue weighted by molar-refractivity contribution is -0.274. The van der Waals surface area contributed by atoms with E-state index in [1.807, 2.05) is 0 Å². The second kappa shape index (κ2) is 6.55. The summed E-state index contributed by atoms with van der Waals surface area (Å²) in [5.41, 5.74) is 1.58. The quantitative estimate of drug-likeness (QED) is 0.734. The summed E-state index contributed by atoms with van der Waals surface area (Å²) >= 11 is 5.93. The van der Waals surface area contributed by atoms with E-state index in [4.69, 9.17) is 11.6 Å². The topological polar surface area (TPSA) is 29.5 Å². The van der Waals surface area contributed by atoms with Gasteiger partial charge in [-0.1, -0.05) is 23.7 Å². The van der Waals surface area contributed by atoms with Crippen LogP contribution in [0.2, 0.25) is 5.02 Å². The third-order valence-electron chi connectivity index (χ3n) is 3.83. The third kappa shape index (κ3) is 4.04. The number of hydrogen-bond acceptors (Lipinski definition) is 2. The van der Waals surface area contributed by atoms with Crippen molar-refractivity contribution in [2.75, 3.05) is 6.54 Å². The van der Waals surface area contributed by atoms with E-state index in [9.17, 15) is 22.4 Å². The highest BCUT2D eigenvalue weighted by Crippen LogP contribution is 2.30. The SMILES string of the molecule is O=C1c2c(Cl)cc(F)cc2CN1CCc1ccc(OC(F)(F)F)cc1. The summed E-state index contributed by atoms with van der Waals surface area (Å²) in [6.45, 7) is 0.589. The number of fused-ring (bicyclic) bond motifs is 1. The van der Waals surface area contributed by atoms with Crippen LogP contribution < -0.4 is 4.74 Å². The third-order valence-corrected chi connectivity index (χ3v) is 4.12. The van der Waals surface area contributed by atoms with Crippen molar-refractivity contribution < 1.29 is 27.1 Å². The maximum absolute atomic E-state index is 13.4. The highest BCUT2D eigenvalue weighted by molar-refractivity contribution is 6.34. The minimum atomic E-state index is -4.73. The molecular weight excluding hydrogens is 362 g/mol. The fourth-order valence-electron chi connectivity index (χ4n) is 2.73. The molecule has 25 heavy (non-hydrogen) atoms. The molecule has 0 aromatic heterocycles. The molecule has 0 aliphatic carbocycles. The maximum atomic E-state index is 13.4. The molecule has 0 radical (unpaired) electrons. The van der Waals surface area contributed by atoms with Crippen molar-refractivity contribution in [1.82, 2.24) is 4.90 Å². The summed E-state index contributed by atoms with van der Waals surface area (Å²) in [5, 5.41) is 0.0798. The average Bonchev–Trinajstić information content (AvgIpc) is 2.81. The van der Waals surface area contributed by atoms with Crippen LogP contribution in [0.15, 0.2) is 36.4 Å². The van der Waals surface area contributed by atoms with Crippen LogP contribution in [0.3, 0.4) is 0 Å². The molecule has 0 saturated carbocycles. The van der Waals surface area contributed by atoms with Gasteiger partial charge >= 0.3 is 6.36 Å². The monoisotopic (exact) mass is 373 g/mol. The fourth-order valence-corrected chi connectivity index (χ4v) is 3.04. The first-order valence-corrected chi connectivity index (χ1v) is 7.72. The molecule has 0 unspecified atom stereocenters. The minimum Gasteiger partial charge on any atom is -0.406 e. The Hall–Kier alpha value is -2.28. The van der Waals surface area contributed by atoms with Gasteiger partial charge in [0.05, 0.1) is 10.6 Å². The van der Waals surface area contributed by atoms with Gasteiger partial charge in [-0.05, 0) is 41.8 Å². The standard InChI is InChI=1S/C17H12ClF4NO2/c18-14-8-12(19)7-11-9-23(16(24)15(11)14)6-5-10-1-3-13(4-2-10)25-17(20,21)22/h1-4,7-8H,5-6,9H2. The van der Waals surface area contributed by atoms with Gasteiger partial charge in [-0.25, -0.2) is 4.39 Å². The normalized spacial score (nSPS) is 14.0. The van der Waals surface area contributed by atoms with Crippen molar-refractivity contribution in [3.8, 4) is 5.75 Å². The lowest BCUT2D eigenvalue weighted by atomic mass is 10.1. The predicted molar refractivity (Wildman–Crippen MR) is 83.0 cm³/mol. The molecule has 3 nitrogen and oxygen atoms in total. The van der Waals surface area contributed by atoms with Gasteiger partial charge < -0.3 is 9.64 Å². The molecule has 0 fully saturated rings. The van der Waals surface area contributed by atoms with Crippen LogP contribution in [0.5, 0.6) is 5.75 Å².